The van der Waals surface area contributed by atoms with Crippen molar-refractivity contribution in [2.45, 2.75) is 69.5 Å². The summed E-state index contributed by atoms with van der Waals surface area (Å²) in [5.41, 5.74) is 1.26. The van der Waals surface area contributed by atoms with Gasteiger partial charge in [0, 0.05) is 11.6 Å². The Kier molecular flexibility index (Phi) is 6.94. The van der Waals surface area contributed by atoms with Crippen LogP contribution in [0.4, 0.5) is 13.2 Å². The number of hydrogen-bond acceptors (Lipinski definition) is 4. The van der Waals surface area contributed by atoms with Crippen molar-refractivity contribution in [3.63, 3.8) is 0 Å². The lowest BCUT2D eigenvalue weighted by Gasteiger charge is -2.34. The largest absolute Gasteiger partial charge is 0.454 e. The van der Waals surface area contributed by atoms with E-state index in [4.69, 9.17) is 9.47 Å². The van der Waals surface area contributed by atoms with Gasteiger partial charge in [-0.05, 0) is 82.5 Å². The van der Waals surface area contributed by atoms with Gasteiger partial charge in [-0.25, -0.2) is 0 Å². The number of para-hydroxylation sites is 1. The van der Waals surface area contributed by atoms with Crippen molar-refractivity contribution >= 4 is 5.91 Å². The molecule has 2 heterocycles. The van der Waals surface area contributed by atoms with Crippen LogP contribution >= 0.6 is 0 Å². The first-order valence-electron chi connectivity index (χ1n) is 11.3. The topological polar surface area (TPSA) is 50.8 Å². The monoisotopic (exact) mass is 440 g/mol. The van der Waals surface area contributed by atoms with Crippen LogP contribution in [0.15, 0.2) is 18.2 Å². The van der Waals surface area contributed by atoms with Crippen molar-refractivity contribution in [3.05, 3.63) is 23.8 Å². The molecule has 0 radical (unpaired) electrons. The highest BCUT2D eigenvalue weighted by molar-refractivity contribution is 5.76. The Hall–Kier alpha value is -1.96. The van der Waals surface area contributed by atoms with Crippen LogP contribution in [0.2, 0.25) is 0 Å². The highest BCUT2D eigenvalue weighted by Crippen LogP contribution is 2.42. The number of amides is 1. The van der Waals surface area contributed by atoms with Gasteiger partial charge in [0.05, 0.1) is 0 Å². The Balaban J connectivity index is 1.15. The highest BCUT2D eigenvalue weighted by Gasteiger charge is 2.33. The van der Waals surface area contributed by atoms with E-state index in [9.17, 15) is 18.0 Å². The molecular weight excluding hydrogens is 409 g/mol. The van der Waals surface area contributed by atoms with E-state index in [1.165, 1.54) is 5.56 Å². The van der Waals surface area contributed by atoms with Gasteiger partial charge in [0.25, 0.3) is 0 Å². The molecule has 1 saturated heterocycles. The number of likely N-dealkylation sites (tertiary alicyclic amines) is 1. The molecule has 172 valence electrons. The van der Waals surface area contributed by atoms with Crippen molar-refractivity contribution in [2.75, 3.05) is 26.4 Å². The summed E-state index contributed by atoms with van der Waals surface area (Å²) in [5.74, 6) is 1.96. The first-order valence-corrected chi connectivity index (χ1v) is 11.3. The Bertz CT molecular complexity index is 755. The first kappa shape index (κ1) is 22.2. The second-order valence-corrected chi connectivity index (χ2v) is 9.06. The molecule has 31 heavy (non-hydrogen) atoms. The fraction of sp³-hybridized carbons (Fsp3) is 0.696. The quantitative estimate of drug-likeness (QED) is 0.702. The molecule has 8 heteroatoms. The number of alkyl halides is 3. The second-order valence-electron chi connectivity index (χ2n) is 9.06. The first-order chi connectivity index (χ1) is 14.9. The van der Waals surface area contributed by atoms with Gasteiger partial charge in [-0.1, -0.05) is 12.1 Å². The maximum Gasteiger partial charge on any atom is 0.397 e. The van der Waals surface area contributed by atoms with Crippen molar-refractivity contribution in [1.82, 2.24) is 10.2 Å². The van der Waals surface area contributed by atoms with Gasteiger partial charge >= 0.3 is 6.18 Å². The number of ether oxygens (including phenoxy) is 2. The average Bonchev–Trinajstić information content (AvgIpc) is 3.21. The maximum atomic E-state index is 12.3. The molecule has 1 saturated carbocycles. The van der Waals surface area contributed by atoms with E-state index in [1.54, 1.807) is 0 Å². The molecule has 3 aliphatic rings. The number of nitrogens with zero attached hydrogens (tertiary/aromatic N) is 1. The number of carbonyl (C=O) groups is 1. The van der Waals surface area contributed by atoms with Gasteiger partial charge in [-0.15, -0.1) is 0 Å². The molecule has 0 aromatic heterocycles. The predicted octanol–water partition coefficient (Wildman–Crippen LogP) is 4.61. The molecule has 1 aromatic carbocycles. The van der Waals surface area contributed by atoms with Crippen LogP contribution in [0.1, 0.15) is 62.8 Å². The molecule has 2 aliphatic heterocycles. The summed E-state index contributed by atoms with van der Waals surface area (Å²) in [4.78, 5) is 14.0. The number of carbonyl (C=O) groups excluding carboxylic acids is 1. The van der Waals surface area contributed by atoms with Crippen LogP contribution in [-0.4, -0.2) is 49.5 Å². The third-order valence-corrected chi connectivity index (χ3v) is 6.88. The number of nitrogens with one attached hydrogen (secondary N) is 1. The van der Waals surface area contributed by atoms with E-state index in [0.717, 1.165) is 76.1 Å². The van der Waals surface area contributed by atoms with Crippen molar-refractivity contribution in [2.24, 2.45) is 5.92 Å². The van der Waals surface area contributed by atoms with E-state index in [1.807, 2.05) is 12.1 Å². The number of fused-ring (bicyclic) bond motifs is 1. The Morgan fingerprint density at radius 3 is 2.52 bits per heavy atom. The van der Waals surface area contributed by atoms with Crippen molar-refractivity contribution in [3.8, 4) is 11.5 Å². The summed E-state index contributed by atoms with van der Waals surface area (Å²) in [6.45, 7) is 3.50. The zero-order valence-electron chi connectivity index (χ0n) is 17.8. The molecule has 2 fully saturated rings. The SMILES string of the molecule is O=C(CC(F)(F)F)NC1CCC(CCN2CCC(c3cccc4c3OCO4)CC2)CC1. The van der Waals surface area contributed by atoms with E-state index in [-0.39, 0.29) is 6.04 Å². The van der Waals surface area contributed by atoms with E-state index < -0.39 is 18.5 Å². The van der Waals surface area contributed by atoms with Gasteiger partial charge in [-0.3, -0.25) is 4.79 Å². The minimum absolute atomic E-state index is 0.111. The van der Waals surface area contributed by atoms with Crippen LogP contribution in [0, 0.1) is 5.92 Å². The molecule has 0 atom stereocenters. The molecule has 1 amide bonds. The highest BCUT2D eigenvalue weighted by atomic mass is 19.4. The molecule has 0 spiro atoms. The van der Waals surface area contributed by atoms with E-state index in [0.29, 0.717) is 18.6 Å². The van der Waals surface area contributed by atoms with Crippen LogP contribution in [-0.2, 0) is 4.79 Å². The number of halogens is 3. The van der Waals surface area contributed by atoms with Gasteiger partial charge in [-0.2, -0.15) is 13.2 Å². The number of piperidine rings is 1. The van der Waals surface area contributed by atoms with E-state index in [2.05, 4.69) is 16.3 Å². The van der Waals surface area contributed by atoms with Gasteiger partial charge in [0.1, 0.15) is 6.42 Å². The van der Waals surface area contributed by atoms with Crippen LogP contribution in [0.25, 0.3) is 0 Å². The zero-order valence-corrected chi connectivity index (χ0v) is 17.8. The summed E-state index contributed by atoms with van der Waals surface area (Å²) in [6, 6.07) is 6.04. The van der Waals surface area contributed by atoms with Crippen LogP contribution in [0.3, 0.4) is 0 Å². The minimum atomic E-state index is -4.43. The lowest BCUT2D eigenvalue weighted by molar-refractivity contribution is -0.154. The smallest absolute Gasteiger partial charge is 0.397 e. The van der Waals surface area contributed by atoms with Gasteiger partial charge in [0.15, 0.2) is 11.5 Å². The molecule has 1 aromatic rings. The summed E-state index contributed by atoms with van der Waals surface area (Å²) >= 11 is 0. The maximum absolute atomic E-state index is 12.3. The Morgan fingerprint density at radius 2 is 1.81 bits per heavy atom. The number of rotatable bonds is 6. The summed E-state index contributed by atoms with van der Waals surface area (Å²) in [6.07, 6.45) is 1.02. The molecular formula is C23H31F3N2O3. The normalized spacial score (nSPS) is 24.9. The third-order valence-electron chi connectivity index (χ3n) is 6.88. The summed E-state index contributed by atoms with van der Waals surface area (Å²) < 4.78 is 48.1. The Labute approximate surface area is 181 Å². The molecule has 4 rings (SSSR count). The molecule has 0 unspecified atom stereocenters. The van der Waals surface area contributed by atoms with Crippen LogP contribution < -0.4 is 14.8 Å². The molecule has 5 nitrogen and oxygen atoms in total. The standard InChI is InChI=1S/C23H31F3N2O3/c24-23(25,26)14-21(29)27-18-6-4-16(5-7-18)8-11-28-12-9-17(10-13-28)19-2-1-3-20-22(19)31-15-30-20/h1-3,16-18H,4-15H2,(H,27,29). The number of hydrogen-bond donors (Lipinski definition) is 1. The van der Waals surface area contributed by atoms with E-state index >= 15 is 0 Å². The lowest BCUT2D eigenvalue weighted by Crippen LogP contribution is -2.40. The Morgan fingerprint density at radius 1 is 1.06 bits per heavy atom. The number of benzene rings is 1. The minimum Gasteiger partial charge on any atom is -0.454 e. The molecule has 1 aliphatic carbocycles. The fourth-order valence-corrected chi connectivity index (χ4v) is 5.16. The lowest BCUT2D eigenvalue weighted by atomic mass is 9.83. The summed E-state index contributed by atoms with van der Waals surface area (Å²) in [7, 11) is 0. The molecule has 1 N–H and O–H groups in total. The summed E-state index contributed by atoms with van der Waals surface area (Å²) in [5, 5.41) is 2.55. The average molecular weight is 441 g/mol. The predicted molar refractivity (Wildman–Crippen MR) is 110 cm³/mol. The fourth-order valence-electron chi connectivity index (χ4n) is 5.16. The second kappa shape index (κ2) is 9.67. The third kappa shape index (κ3) is 6.05. The van der Waals surface area contributed by atoms with Crippen molar-refractivity contribution < 1.29 is 27.4 Å². The van der Waals surface area contributed by atoms with Gasteiger partial charge in [0.2, 0.25) is 12.7 Å². The van der Waals surface area contributed by atoms with Crippen LogP contribution in [0.5, 0.6) is 11.5 Å². The zero-order chi connectivity index (χ0) is 21.8. The van der Waals surface area contributed by atoms with Gasteiger partial charge < -0.3 is 19.7 Å². The molecule has 0 bridgehead atoms. The van der Waals surface area contributed by atoms with Crippen molar-refractivity contribution in [1.29, 1.82) is 0 Å².